The van der Waals surface area contributed by atoms with Gasteiger partial charge < -0.3 is 15.0 Å². The van der Waals surface area contributed by atoms with Gasteiger partial charge in [0.25, 0.3) is 5.56 Å². The Labute approximate surface area is 166 Å². The van der Waals surface area contributed by atoms with Crippen molar-refractivity contribution < 1.29 is 4.74 Å². The molecule has 2 heterocycles. The summed E-state index contributed by atoms with van der Waals surface area (Å²) in [6, 6.07) is 11.6. The maximum Gasteiger partial charge on any atom is 0.258 e. The molecule has 0 bridgehead atoms. The maximum atomic E-state index is 13.2. The van der Waals surface area contributed by atoms with E-state index in [-0.39, 0.29) is 12.1 Å². The number of hydrogen-bond donors (Lipinski definition) is 1. The predicted molar refractivity (Wildman–Crippen MR) is 115 cm³/mol. The number of nitrogens with zero attached hydrogens (tertiary/aromatic N) is 2. The van der Waals surface area contributed by atoms with Crippen LogP contribution in [0.5, 0.6) is 5.75 Å². The van der Waals surface area contributed by atoms with Gasteiger partial charge in [-0.25, -0.2) is 0 Å². The molecule has 0 aliphatic rings. The highest BCUT2D eigenvalue weighted by atomic mass is 16.5. The van der Waals surface area contributed by atoms with Gasteiger partial charge in [0, 0.05) is 30.2 Å². The summed E-state index contributed by atoms with van der Waals surface area (Å²) in [6.45, 7) is 7.80. The average Bonchev–Trinajstić information content (AvgIpc) is 2.71. The van der Waals surface area contributed by atoms with Crippen LogP contribution in [0.4, 0.5) is 0 Å². The van der Waals surface area contributed by atoms with Crippen molar-refractivity contribution in [3.63, 3.8) is 0 Å². The molecule has 0 saturated heterocycles. The van der Waals surface area contributed by atoms with Crippen LogP contribution in [0.1, 0.15) is 39.3 Å². The lowest BCUT2D eigenvalue weighted by Crippen LogP contribution is -2.28. The van der Waals surface area contributed by atoms with Gasteiger partial charge >= 0.3 is 0 Å². The van der Waals surface area contributed by atoms with Gasteiger partial charge in [0.05, 0.1) is 23.4 Å². The molecule has 3 rings (SSSR count). The number of unbranched alkanes of at least 4 members (excludes halogenated alkanes) is 1. The normalized spacial score (nSPS) is 11.3. The van der Waals surface area contributed by atoms with Crippen molar-refractivity contribution in [2.24, 2.45) is 11.7 Å². The van der Waals surface area contributed by atoms with Crippen LogP contribution in [0.15, 0.2) is 47.4 Å². The van der Waals surface area contributed by atoms with Crippen LogP contribution in [-0.2, 0) is 13.1 Å². The molecule has 0 aliphatic carbocycles. The lowest BCUT2D eigenvalue weighted by molar-refractivity contribution is 0.304. The summed E-state index contributed by atoms with van der Waals surface area (Å²) in [6.07, 6.45) is 3.76. The maximum absolute atomic E-state index is 13.2. The van der Waals surface area contributed by atoms with E-state index in [2.05, 4.69) is 25.8 Å². The first kappa shape index (κ1) is 20.1. The van der Waals surface area contributed by atoms with E-state index in [1.165, 1.54) is 0 Å². The first-order valence-electron chi connectivity index (χ1n) is 10.0. The van der Waals surface area contributed by atoms with Gasteiger partial charge in [-0.05, 0) is 36.6 Å². The smallest absolute Gasteiger partial charge is 0.258 e. The standard InChI is InChI=1S/C23H29N3O2/c1-4-5-12-28-22-19-13-17(20-8-6-7-11-25-20)9-10-18(19)23(27)26(15-16(2)3)21(22)14-24/h6-11,13,16H,4-5,12,14-15,24H2,1-3H3. The largest absolute Gasteiger partial charge is 0.491 e. The first-order valence-corrected chi connectivity index (χ1v) is 10.0. The third-order valence-electron chi connectivity index (χ3n) is 4.77. The fourth-order valence-electron chi connectivity index (χ4n) is 3.40. The Morgan fingerprint density at radius 3 is 2.64 bits per heavy atom. The van der Waals surface area contributed by atoms with Gasteiger partial charge in [-0.15, -0.1) is 0 Å². The number of hydrogen-bond acceptors (Lipinski definition) is 4. The van der Waals surface area contributed by atoms with Crippen LogP contribution in [0.3, 0.4) is 0 Å². The molecular weight excluding hydrogens is 350 g/mol. The van der Waals surface area contributed by atoms with Gasteiger partial charge in [0.15, 0.2) is 0 Å². The minimum atomic E-state index is -0.0143. The lowest BCUT2D eigenvalue weighted by Gasteiger charge is -2.20. The number of benzene rings is 1. The molecule has 0 atom stereocenters. The van der Waals surface area contributed by atoms with Crippen molar-refractivity contribution in [1.82, 2.24) is 9.55 Å². The first-order chi connectivity index (χ1) is 13.6. The molecule has 0 fully saturated rings. The van der Waals surface area contributed by atoms with Crippen molar-refractivity contribution in [2.45, 2.75) is 46.7 Å². The Balaban J connectivity index is 2.26. The van der Waals surface area contributed by atoms with Crippen LogP contribution in [-0.4, -0.2) is 16.2 Å². The third kappa shape index (κ3) is 4.09. The Bertz CT molecular complexity index is 994. The number of fused-ring (bicyclic) bond motifs is 1. The van der Waals surface area contributed by atoms with Crippen molar-refractivity contribution in [2.75, 3.05) is 6.61 Å². The van der Waals surface area contributed by atoms with E-state index in [9.17, 15) is 4.79 Å². The molecule has 5 heteroatoms. The molecule has 2 N–H and O–H groups in total. The summed E-state index contributed by atoms with van der Waals surface area (Å²) in [5, 5.41) is 1.47. The number of ether oxygens (including phenoxy) is 1. The van der Waals surface area contributed by atoms with Crippen molar-refractivity contribution in [1.29, 1.82) is 0 Å². The van der Waals surface area contributed by atoms with E-state index in [0.717, 1.165) is 40.9 Å². The van der Waals surface area contributed by atoms with E-state index in [1.807, 2.05) is 36.4 Å². The molecule has 0 radical (unpaired) electrons. The molecule has 5 nitrogen and oxygen atoms in total. The molecule has 0 spiro atoms. The second-order valence-corrected chi connectivity index (χ2v) is 7.47. The molecule has 28 heavy (non-hydrogen) atoms. The minimum Gasteiger partial charge on any atom is -0.491 e. The number of nitrogens with two attached hydrogens (primary N) is 1. The average molecular weight is 380 g/mol. The zero-order valence-electron chi connectivity index (χ0n) is 16.9. The quantitative estimate of drug-likeness (QED) is 0.591. The molecule has 2 aromatic heterocycles. The minimum absolute atomic E-state index is 0.0143. The number of pyridine rings is 2. The predicted octanol–water partition coefficient (Wildman–Crippen LogP) is 4.36. The third-order valence-corrected chi connectivity index (χ3v) is 4.77. The monoisotopic (exact) mass is 379 g/mol. The zero-order chi connectivity index (χ0) is 20.1. The topological polar surface area (TPSA) is 70.1 Å². The Morgan fingerprint density at radius 1 is 1.18 bits per heavy atom. The lowest BCUT2D eigenvalue weighted by atomic mass is 10.0. The molecule has 1 aromatic carbocycles. The highest BCUT2D eigenvalue weighted by Crippen LogP contribution is 2.31. The molecule has 3 aromatic rings. The van der Waals surface area contributed by atoms with E-state index in [4.69, 9.17) is 10.5 Å². The molecule has 0 aliphatic heterocycles. The molecule has 0 saturated carbocycles. The summed E-state index contributed by atoms with van der Waals surface area (Å²) in [5.74, 6) is 1.06. The number of aromatic nitrogens is 2. The van der Waals surface area contributed by atoms with Gasteiger partial charge in [-0.2, -0.15) is 0 Å². The number of rotatable bonds is 8. The zero-order valence-corrected chi connectivity index (χ0v) is 16.9. The van der Waals surface area contributed by atoms with Crippen LogP contribution >= 0.6 is 0 Å². The van der Waals surface area contributed by atoms with Gasteiger partial charge in [0.2, 0.25) is 0 Å². The van der Waals surface area contributed by atoms with Crippen molar-refractivity contribution in [3.05, 3.63) is 58.6 Å². The van der Waals surface area contributed by atoms with E-state index in [1.54, 1.807) is 10.8 Å². The SMILES string of the molecule is CCCCOc1c(CN)n(CC(C)C)c(=O)c2ccc(-c3ccccn3)cc12. The van der Waals surface area contributed by atoms with Crippen LogP contribution in [0.2, 0.25) is 0 Å². The van der Waals surface area contributed by atoms with Crippen LogP contribution < -0.4 is 16.0 Å². The highest BCUT2D eigenvalue weighted by Gasteiger charge is 2.18. The van der Waals surface area contributed by atoms with Crippen LogP contribution in [0, 0.1) is 5.92 Å². The van der Waals surface area contributed by atoms with Gasteiger partial charge in [-0.1, -0.05) is 39.3 Å². The molecular formula is C23H29N3O2. The molecule has 0 unspecified atom stereocenters. The summed E-state index contributed by atoms with van der Waals surface area (Å²) < 4.78 is 7.98. The Morgan fingerprint density at radius 2 is 2.00 bits per heavy atom. The van der Waals surface area contributed by atoms with Crippen molar-refractivity contribution in [3.8, 4) is 17.0 Å². The summed E-state index contributed by atoms with van der Waals surface area (Å²) >= 11 is 0. The Kier molecular flexibility index (Phi) is 6.47. The summed E-state index contributed by atoms with van der Waals surface area (Å²) in [4.78, 5) is 17.6. The highest BCUT2D eigenvalue weighted by molar-refractivity contribution is 5.92. The van der Waals surface area contributed by atoms with E-state index < -0.39 is 0 Å². The summed E-state index contributed by atoms with van der Waals surface area (Å²) in [5.41, 5.74) is 8.66. The van der Waals surface area contributed by atoms with Crippen LogP contribution in [0.25, 0.3) is 22.0 Å². The fourth-order valence-corrected chi connectivity index (χ4v) is 3.40. The molecule has 148 valence electrons. The Hall–Kier alpha value is -2.66. The van der Waals surface area contributed by atoms with E-state index >= 15 is 0 Å². The molecule has 0 amide bonds. The van der Waals surface area contributed by atoms with E-state index in [0.29, 0.717) is 24.5 Å². The van der Waals surface area contributed by atoms with Gasteiger partial charge in [-0.3, -0.25) is 9.78 Å². The van der Waals surface area contributed by atoms with Gasteiger partial charge in [0.1, 0.15) is 5.75 Å². The fraction of sp³-hybridized carbons (Fsp3) is 0.391. The van der Waals surface area contributed by atoms with Crippen molar-refractivity contribution >= 4 is 10.8 Å². The summed E-state index contributed by atoms with van der Waals surface area (Å²) in [7, 11) is 0. The second kappa shape index (κ2) is 9.02. The second-order valence-electron chi connectivity index (χ2n) is 7.47.